The van der Waals surface area contributed by atoms with Crippen LogP contribution in [-0.2, 0) is 0 Å². The van der Waals surface area contributed by atoms with Gasteiger partial charge in [0.25, 0.3) is 0 Å². The van der Waals surface area contributed by atoms with Crippen LogP contribution in [0.1, 0.15) is 0 Å². The van der Waals surface area contributed by atoms with Crippen LogP contribution in [0.3, 0.4) is 0 Å². The Morgan fingerprint density at radius 3 is 2.44 bits per heavy atom. The molecule has 80 valence electrons. The molecule has 0 unspecified atom stereocenters. The van der Waals surface area contributed by atoms with Gasteiger partial charge in [-0.25, -0.2) is 4.39 Å². The van der Waals surface area contributed by atoms with Crippen molar-refractivity contribution in [2.24, 2.45) is 5.10 Å². The highest BCUT2D eigenvalue weighted by molar-refractivity contribution is 6.36. The van der Waals surface area contributed by atoms with Crippen LogP contribution in [0.5, 0.6) is 0 Å². The van der Waals surface area contributed by atoms with E-state index in [2.05, 4.69) is 10.5 Å². The van der Waals surface area contributed by atoms with E-state index in [1.165, 1.54) is 18.2 Å². The van der Waals surface area contributed by atoms with Gasteiger partial charge in [-0.15, -0.1) is 0 Å². The number of nitrogens with zero attached hydrogens (tertiary/aromatic N) is 3. The van der Waals surface area contributed by atoms with Crippen molar-refractivity contribution in [3.63, 3.8) is 0 Å². The third-order valence-corrected chi connectivity index (χ3v) is 2.11. The van der Waals surface area contributed by atoms with Gasteiger partial charge < -0.3 is 0 Å². The smallest absolute Gasteiger partial charge is 0.237 e. The zero-order chi connectivity index (χ0) is 12.1. The number of nitrogens with one attached hydrogen (secondary N) is 1. The molecule has 0 heterocycles. The number of hydrazone groups is 1. The molecule has 0 spiro atoms. The molecule has 0 atom stereocenters. The fourth-order valence-electron chi connectivity index (χ4n) is 0.799. The van der Waals surface area contributed by atoms with Gasteiger partial charge in [-0.1, -0.05) is 23.2 Å². The van der Waals surface area contributed by atoms with E-state index in [1.807, 2.05) is 0 Å². The Balaban J connectivity index is 3.01. The molecule has 1 aromatic carbocycles. The predicted molar refractivity (Wildman–Crippen MR) is 58.7 cm³/mol. The average Bonchev–Trinajstić information content (AvgIpc) is 2.26. The first-order chi connectivity index (χ1) is 7.58. The van der Waals surface area contributed by atoms with Gasteiger partial charge >= 0.3 is 0 Å². The molecule has 0 aliphatic rings. The number of hydrogen-bond donors (Lipinski definition) is 1. The van der Waals surface area contributed by atoms with Crippen molar-refractivity contribution in [3.05, 3.63) is 28.0 Å². The Labute approximate surface area is 100 Å². The van der Waals surface area contributed by atoms with E-state index >= 15 is 0 Å². The minimum Gasteiger partial charge on any atom is -0.275 e. The van der Waals surface area contributed by atoms with Crippen LogP contribution in [0.2, 0.25) is 10.0 Å². The van der Waals surface area contributed by atoms with Crippen molar-refractivity contribution in [2.45, 2.75) is 0 Å². The van der Waals surface area contributed by atoms with Crippen molar-refractivity contribution in [3.8, 4) is 12.1 Å². The number of hydrogen-bond acceptors (Lipinski definition) is 4. The standard InChI is InChI=1S/C9H3Cl2FN4/c10-6-1-7(11)9(2-8(6)12)16-15-5(3-13)4-14/h1-2,16H. The number of halogens is 3. The van der Waals surface area contributed by atoms with E-state index in [1.54, 1.807) is 0 Å². The topological polar surface area (TPSA) is 72.0 Å². The van der Waals surface area contributed by atoms with Gasteiger partial charge in [0.2, 0.25) is 5.71 Å². The van der Waals surface area contributed by atoms with Crippen LogP contribution >= 0.6 is 23.2 Å². The molecule has 4 nitrogen and oxygen atoms in total. The lowest BCUT2D eigenvalue weighted by molar-refractivity contribution is 0.628. The molecule has 0 aromatic heterocycles. The third kappa shape index (κ3) is 2.83. The van der Waals surface area contributed by atoms with Gasteiger partial charge in [0.15, 0.2) is 0 Å². The molecule has 0 saturated carbocycles. The molecule has 16 heavy (non-hydrogen) atoms. The quantitative estimate of drug-likeness (QED) is 0.503. The van der Waals surface area contributed by atoms with Gasteiger partial charge in [-0.2, -0.15) is 15.6 Å². The zero-order valence-electron chi connectivity index (χ0n) is 7.63. The maximum atomic E-state index is 13.0. The summed E-state index contributed by atoms with van der Waals surface area (Å²) in [6.07, 6.45) is 0. The van der Waals surface area contributed by atoms with Gasteiger partial charge in [0.1, 0.15) is 18.0 Å². The molecule has 1 N–H and O–H groups in total. The lowest BCUT2D eigenvalue weighted by Gasteiger charge is -2.04. The summed E-state index contributed by atoms with van der Waals surface area (Å²) in [5, 5.41) is 20.2. The normalized spacial score (nSPS) is 8.81. The van der Waals surface area contributed by atoms with Crippen molar-refractivity contribution in [1.29, 1.82) is 10.5 Å². The Bertz CT molecular complexity index is 512. The fourth-order valence-corrected chi connectivity index (χ4v) is 1.22. The summed E-state index contributed by atoms with van der Waals surface area (Å²) in [5.74, 6) is -0.681. The highest BCUT2D eigenvalue weighted by Gasteiger charge is 2.06. The monoisotopic (exact) mass is 256 g/mol. The molecule has 0 fully saturated rings. The molecule has 0 amide bonds. The third-order valence-electron chi connectivity index (χ3n) is 1.51. The molecule has 0 bridgehead atoms. The molecule has 1 aromatic rings. The van der Waals surface area contributed by atoms with Crippen LogP contribution in [0.4, 0.5) is 10.1 Å². The Morgan fingerprint density at radius 1 is 1.25 bits per heavy atom. The first-order valence-corrected chi connectivity index (χ1v) is 4.62. The summed E-state index contributed by atoms with van der Waals surface area (Å²) in [4.78, 5) is 0. The van der Waals surface area contributed by atoms with Gasteiger partial charge in [-0.3, -0.25) is 5.43 Å². The van der Waals surface area contributed by atoms with E-state index in [9.17, 15) is 4.39 Å². The average molecular weight is 257 g/mol. The second kappa shape index (κ2) is 5.32. The Kier molecular flexibility index (Phi) is 4.07. The molecule has 0 saturated heterocycles. The van der Waals surface area contributed by atoms with Gasteiger partial charge in [0, 0.05) is 6.07 Å². The second-order valence-corrected chi connectivity index (χ2v) is 3.36. The Morgan fingerprint density at radius 2 is 1.88 bits per heavy atom. The highest BCUT2D eigenvalue weighted by Crippen LogP contribution is 2.28. The van der Waals surface area contributed by atoms with Crippen LogP contribution in [0.15, 0.2) is 17.2 Å². The van der Waals surface area contributed by atoms with Crippen LogP contribution in [-0.4, -0.2) is 5.71 Å². The summed E-state index contributed by atoms with van der Waals surface area (Å²) in [7, 11) is 0. The van der Waals surface area contributed by atoms with Crippen molar-refractivity contribution in [1.82, 2.24) is 0 Å². The fraction of sp³-hybridized carbons (Fsp3) is 0. The number of nitriles is 2. The lowest BCUT2D eigenvalue weighted by atomic mass is 10.3. The lowest BCUT2D eigenvalue weighted by Crippen LogP contribution is -1.97. The van der Waals surface area contributed by atoms with Crippen LogP contribution < -0.4 is 5.43 Å². The second-order valence-electron chi connectivity index (χ2n) is 2.54. The number of anilines is 1. The summed E-state index contributed by atoms with van der Waals surface area (Å²) >= 11 is 11.2. The van der Waals surface area contributed by atoms with Gasteiger partial charge in [0.05, 0.1) is 15.7 Å². The summed E-state index contributed by atoms with van der Waals surface area (Å²) in [6.45, 7) is 0. The van der Waals surface area contributed by atoms with Crippen molar-refractivity contribution >= 4 is 34.6 Å². The summed E-state index contributed by atoms with van der Waals surface area (Å²) in [6, 6.07) is 5.27. The predicted octanol–water partition coefficient (Wildman–Crippen LogP) is 2.95. The summed E-state index contributed by atoms with van der Waals surface area (Å²) < 4.78 is 13.0. The molecular weight excluding hydrogens is 254 g/mol. The van der Waals surface area contributed by atoms with E-state index < -0.39 is 11.5 Å². The molecule has 1 rings (SSSR count). The Hall–Kier alpha value is -1.82. The minimum absolute atomic E-state index is 0.117. The zero-order valence-corrected chi connectivity index (χ0v) is 9.14. The van der Waals surface area contributed by atoms with Crippen LogP contribution in [0.25, 0.3) is 0 Å². The molecular formula is C9H3Cl2FN4. The van der Waals surface area contributed by atoms with E-state index in [0.29, 0.717) is 0 Å². The first-order valence-electron chi connectivity index (χ1n) is 3.87. The van der Waals surface area contributed by atoms with Crippen LogP contribution in [0, 0.1) is 28.5 Å². The molecule has 0 aliphatic heterocycles. The minimum atomic E-state index is -0.681. The maximum absolute atomic E-state index is 13.0. The molecule has 0 radical (unpaired) electrons. The highest BCUT2D eigenvalue weighted by atomic mass is 35.5. The largest absolute Gasteiger partial charge is 0.275 e. The summed E-state index contributed by atoms with van der Waals surface area (Å²) in [5.41, 5.74) is 2.02. The van der Waals surface area contributed by atoms with Gasteiger partial charge in [-0.05, 0) is 6.07 Å². The SMILES string of the molecule is N#CC(C#N)=NNc1cc(F)c(Cl)cc1Cl. The van der Waals surface area contributed by atoms with E-state index in [4.69, 9.17) is 33.7 Å². The first kappa shape index (κ1) is 12.3. The molecule has 0 aliphatic carbocycles. The van der Waals surface area contributed by atoms with Crippen molar-refractivity contribution in [2.75, 3.05) is 5.43 Å². The number of rotatable bonds is 2. The van der Waals surface area contributed by atoms with E-state index in [0.717, 1.165) is 6.07 Å². The van der Waals surface area contributed by atoms with E-state index in [-0.39, 0.29) is 15.7 Å². The number of benzene rings is 1. The molecule has 7 heteroatoms. The van der Waals surface area contributed by atoms with Crippen molar-refractivity contribution < 1.29 is 4.39 Å². The maximum Gasteiger partial charge on any atom is 0.237 e.